The van der Waals surface area contributed by atoms with E-state index >= 15 is 0 Å². The van der Waals surface area contributed by atoms with Crippen LogP contribution >= 0.6 is 11.8 Å². The fourth-order valence-corrected chi connectivity index (χ4v) is 5.08. The van der Waals surface area contributed by atoms with Crippen LogP contribution in [0.3, 0.4) is 0 Å². The summed E-state index contributed by atoms with van der Waals surface area (Å²) >= 11 is 1.48. The monoisotopic (exact) mass is 439 g/mol. The molecule has 0 spiro atoms. The molecule has 1 N–H and O–H groups in total. The molecular formula is C21H21N5O2S2. The molecule has 0 aliphatic heterocycles. The van der Waals surface area contributed by atoms with Gasteiger partial charge in [-0.1, -0.05) is 59.8 Å². The highest BCUT2D eigenvalue weighted by molar-refractivity contribution is 7.99. The average Bonchev–Trinajstić information content (AvgIpc) is 3.17. The minimum absolute atomic E-state index is 0.259. The lowest BCUT2D eigenvalue weighted by molar-refractivity contribution is 0.551. The molecule has 0 radical (unpaired) electrons. The van der Waals surface area contributed by atoms with Crippen molar-refractivity contribution < 1.29 is 8.42 Å². The summed E-state index contributed by atoms with van der Waals surface area (Å²) in [5.74, 6) is 1.19. The number of rotatable bonds is 8. The Morgan fingerprint density at radius 2 is 1.83 bits per heavy atom. The molecule has 154 valence electrons. The SMILES string of the molecule is Cc1ccc(S(=O)(=O)N[C@H](CCSc2nc3ncccn3n2)c2ccccc2)cc1. The summed E-state index contributed by atoms with van der Waals surface area (Å²) in [5.41, 5.74) is 1.93. The lowest BCUT2D eigenvalue weighted by Crippen LogP contribution is -2.29. The molecule has 4 aromatic rings. The van der Waals surface area contributed by atoms with Crippen molar-refractivity contribution >= 4 is 27.6 Å². The van der Waals surface area contributed by atoms with E-state index in [9.17, 15) is 8.42 Å². The van der Waals surface area contributed by atoms with E-state index in [-0.39, 0.29) is 10.9 Å². The van der Waals surface area contributed by atoms with E-state index in [0.717, 1.165) is 11.1 Å². The summed E-state index contributed by atoms with van der Waals surface area (Å²) in [7, 11) is -3.64. The number of nitrogens with one attached hydrogen (secondary N) is 1. The van der Waals surface area contributed by atoms with Gasteiger partial charge in [-0.3, -0.25) is 0 Å². The fourth-order valence-electron chi connectivity index (χ4n) is 2.99. The highest BCUT2D eigenvalue weighted by atomic mass is 32.2. The first-order chi connectivity index (χ1) is 14.5. The molecule has 30 heavy (non-hydrogen) atoms. The second-order valence-corrected chi connectivity index (χ2v) is 9.57. The van der Waals surface area contributed by atoms with E-state index in [1.807, 2.05) is 37.3 Å². The topological polar surface area (TPSA) is 89.2 Å². The van der Waals surface area contributed by atoms with E-state index in [2.05, 4.69) is 19.8 Å². The first-order valence-corrected chi connectivity index (χ1v) is 11.9. The Kier molecular flexibility index (Phi) is 6.12. The molecule has 0 aliphatic carbocycles. The van der Waals surface area contributed by atoms with Gasteiger partial charge in [0.2, 0.25) is 15.2 Å². The minimum Gasteiger partial charge on any atom is -0.220 e. The van der Waals surface area contributed by atoms with Gasteiger partial charge in [-0.2, -0.15) is 4.98 Å². The van der Waals surface area contributed by atoms with Crippen LogP contribution in [0.2, 0.25) is 0 Å². The summed E-state index contributed by atoms with van der Waals surface area (Å²) in [5, 5.41) is 4.99. The van der Waals surface area contributed by atoms with Crippen LogP contribution in [0, 0.1) is 6.92 Å². The number of benzene rings is 2. The van der Waals surface area contributed by atoms with Crippen LogP contribution in [0.4, 0.5) is 0 Å². The second-order valence-electron chi connectivity index (χ2n) is 6.79. The highest BCUT2D eigenvalue weighted by Crippen LogP contribution is 2.24. The third-order valence-corrected chi connectivity index (χ3v) is 6.92. The van der Waals surface area contributed by atoms with Crippen LogP contribution in [0.15, 0.2) is 83.1 Å². The second kappa shape index (κ2) is 8.95. The largest absolute Gasteiger partial charge is 0.253 e. The van der Waals surface area contributed by atoms with Gasteiger partial charge in [-0.05, 0) is 37.1 Å². The molecule has 0 unspecified atom stereocenters. The van der Waals surface area contributed by atoms with Crippen LogP contribution in [-0.4, -0.2) is 33.8 Å². The van der Waals surface area contributed by atoms with Gasteiger partial charge in [0.05, 0.1) is 4.90 Å². The molecule has 2 heterocycles. The van der Waals surface area contributed by atoms with Gasteiger partial charge < -0.3 is 0 Å². The van der Waals surface area contributed by atoms with Crippen LogP contribution < -0.4 is 4.72 Å². The van der Waals surface area contributed by atoms with Gasteiger partial charge >= 0.3 is 0 Å². The van der Waals surface area contributed by atoms with E-state index < -0.39 is 10.0 Å². The Labute approximate surface area is 179 Å². The van der Waals surface area contributed by atoms with Crippen molar-refractivity contribution in [3.63, 3.8) is 0 Å². The zero-order valence-electron chi connectivity index (χ0n) is 16.3. The van der Waals surface area contributed by atoms with Crippen molar-refractivity contribution in [2.75, 3.05) is 5.75 Å². The molecule has 0 saturated heterocycles. The Balaban J connectivity index is 1.49. The molecule has 2 aromatic carbocycles. The van der Waals surface area contributed by atoms with Gasteiger partial charge in [0.1, 0.15) is 0 Å². The number of aryl methyl sites for hydroxylation is 1. The third kappa shape index (κ3) is 4.86. The zero-order chi connectivity index (χ0) is 21.0. The first kappa shape index (κ1) is 20.5. The Morgan fingerprint density at radius 3 is 2.57 bits per heavy atom. The number of aromatic nitrogens is 4. The summed E-state index contributed by atoms with van der Waals surface area (Å²) in [6, 6.07) is 17.9. The Bertz CT molecular complexity index is 1190. The molecule has 1 atom stereocenters. The van der Waals surface area contributed by atoms with E-state index in [0.29, 0.717) is 23.1 Å². The highest BCUT2D eigenvalue weighted by Gasteiger charge is 2.21. The number of nitrogens with zero attached hydrogens (tertiary/aromatic N) is 4. The third-order valence-electron chi connectivity index (χ3n) is 4.57. The van der Waals surface area contributed by atoms with Crippen molar-refractivity contribution in [3.8, 4) is 0 Å². The van der Waals surface area contributed by atoms with Crippen molar-refractivity contribution in [2.45, 2.75) is 29.4 Å². The van der Waals surface area contributed by atoms with Crippen molar-refractivity contribution in [3.05, 3.63) is 84.2 Å². The molecule has 4 rings (SSSR count). The molecule has 7 nitrogen and oxygen atoms in total. The minimum atomic E-state index is -3.64. The standard InChI is InChI=1S/C21H21N5O2S2/c1-16-8-10-18(11-9-16)30(27,28)25-19(17-6-3-2-4-7-17)12-15-29-21-23-20-22-13-5-14-26(20)24-21/h2-11,13-14,19,25H,12,15H2,1H3/t19-/m1/s1. The molecule has 0 amide bonds. The Hall–Kier alpha value is -2.75. The molecule has 9 heteroatoms. The number of fused-ring (bicyclic) bond motifs is 1. The molecule has 0 fully saturated rings. The Morgan fingerprint density at radius 1 is 1.07 bits per heavy atom. The van der Waals surface area contributed by atoms with Crippen LogP contribution in [0.1, 0.15) is 23.6 Å². The summed E-state index contributed by atoms with van der Waals surface area (Å²) in [6.07, 6.45) is 4.05. The summed E-state index contributed by atoms with van der Waals surface area (Å²) in [6.45, 7) is 1.93. The van der Waals surface area contributed by atoms with Gasteiger partial charge in [-0.25, -0.2) is 22.6 Å². The smallest absolute Gasteiger partial charge is 0.220 e. The zero-order valence-corrected chi connectivity index (χ0v) is 18.0. The van der Waals surface area contributed by atoms with E-state index in [4.69, 9.17) is 0 Å². The molecule has 0 bridgehead atoms. The maximum absolute atomic E-state index is 12.9. The van der Waals surface area contributed by atoms with Crippen molar-refractivity contribution in [1.82, 2.24) is 24.3 Å². The van der Waals surface area contributed by atoms with Gasteiger partial charge in [0.15, 0.2) is 0 Å². The molecular weight excluding hydrogens is 418 g/mol. The quantitative estimate of drug-likeness (QED) is 0.422. The molecule has 2 aromatic heterocycles. The van der Waals surface area contributed by atoms with Crippen LogP contribution in [0.25, 0.3) is 5.78 Å². The predicted molar refractivity (Wildman–Crippen MR) is 117 cm³/mol. The summed E-state index contributed by atoms with van der Waals surface area (Å²) < 4.78 is 30.3. The van der Waals surface area contributed by atoms with E-state index in [1.165, 1.54) is 11.8 Å². The first-order valence-electron chi connectivity index (χ1n) is 9.45. The fraction of sp³-hybridized carbons (Fsp3) is 0.190. The number of hydrogen-bond donors (Lipinski definition) is 1. The van der Waals surface area contributed by atoms with E-state index in [1.54, 1.807) is 47.2 Å². The number of thioether (sulfide) groups is 1. The van der Waals surface area contributed by atoms with Crippen LogP contribution in [0.5, 0.6) is 0 Å². The summed E-state index contributed by atoms with van der Waals surface area (Å²) in [4.78, 5) is 8.80. The van der Waals surface area contributed by atoms with Gasteiger partial charge in [-0.15, -0.1) is 5.10 Å². The lowest BCUT2D eigenvalue weighted by Gasteiger charge is -2.19. The maximum atomic E-state index is 12.9. The predicted octanol–water partition coefficient (Wildman–Crippen LogP) is 3.63. The number of hydrogen-bond acceptors (Lipinski definition) is 6. The van der Waals surface area contributed by atoms with Gasteiger partial charge in [0, 0.05) is 24.2 Å². The lowest BCUT2D eigenvalue weighted by atomic mass is 10.1. The molecule has 0 saturated carbocycles. The van der Waals surface area contributed by atoms with Crippen molar-refractivity contribution in [1.29, 1.82) is 0 Å². The maximum Gasteiger partial charge on any atom is 0.253 e. The molecule has 0 aliphatic rings. The average molecular weight is 440 g/mol. The van der Waals surface area contributed by atoms with Gasteiger partial charge in [0.25, 0.3) is 5.78 Å². The van der Waals surface area contributed by atoms with Crippen LogP contribution in [-0.2, 0) is 10.0 Å². The van der Waals surface area contributed by atoms with Crippen molar-refractivity contribution in [2.24, 2.45) is 0 Å². The number of sulfonamides is 1. The normalized spacial score (nSPS) is 12.8.